The third-order valence-corrected chi connectivity index (χ3v) is 5.05. The predicted molar refractivity (Wildman–Crippen MR) is 117 cm³/mol. The highest BCUT2D eigenvalue weighted by Crippen LogP contribution is 2.28. The molecule has 1 N–H and O–H groups in total. The Bertz CT molecular complexity index is 1370. The second-order valence-electron chi connectivity index (χ2n) is 7.17. The van der Waals surface area contributed by atoms with Crippen molar-refractivity contribution in [1.29, 1.82) is 0 Å². The van der Waals surface area contributed by atoms with Crippen molar-refractivity contribution in [2.24, 2.45) is 0 Å². The lowest BCUT2D eigenvalue weighted by molar-refractivity contribution is -0.123. The van der Waals surface area contributed by atoms with Crippen LogP contribution in [0.25, 0.3) is 22.4 Å². The monoisotopic (exact) mass is 471 g/mol. The van der Waals surface area contributed by atoms with E-state index in [1.54, 1.807) is 6.92 Å². The normalized spacial score (nSPS) is 11.9. The maximum absolute atomic E-state index is 14.0. The molecule has 10 heteroatoms. The van der Waals surface area contributed by atoms with E-state index in [0.29, 0.717) is 22.3 Å². The van der Waals surface area contributed by atoms with E-state index in [0.717, 1.165) is 6.07 Å². The first-order chi connectivity index (χ1) is 15.7. The van der Waals surface area contributed by atoms with Crippen molar-refractivity contribution in [2.75, 3.05) is 5.32 Å². The van der Waals surface area contributed by atoms with Crippen molar-refractivity contribution in [1.82, 2.24) is 10.1 Å². The Morgan fingerprint density at radius 3 is 2.55 bits per heavy atom. The van der Waals surface area contributed by atoms with Gasteiger partial charge in [-0.1, -0.05) is 16.8 Å². The van der Waals surface area contributed by atoms with E-state index >= 15 is 0 Å². The van der Waals surface area contributed by atoms with Crippen molar-refractivity contribution >= 4 is 40.3 Å². The van der Waals surface area contributed by atoms with Gasteiger partial charge in [0.25, 0.3) is 11.6 Å². The van der Waals surface area contributed by atoms with Crippen LogP contribution in [0.3, 0.4) is 0 Å². The van der Waals surface area contributed by atoms with Gasteiger partial charge >= 0.3 is 5.97 Å². The molecular formula is C23H16ClF2N3O4. The summed E-state index contributed by atoms with van der Waals surface area (Å²) in [5, 5.41) is 6.68. The highest BCUT2D eigenvalue weighted by Gasteiger charge is 2.25. The Hall–Kier alpha value is -3.85. The van der Waals surface area contributed by atoms with Crippen molar-refractivity contribution in [2.45, 2.75) is 20.0 Å². The van der Waals surface area contributed by atoms with E-state index in [1.165, 1.54) is 49.4 Å². The van der Waals surface area contributed by atoms with Gasteiger partial charge in [0, 0.05) is 10.6 Å². The molecule has 2 heterocycles. The van der Waals surface area contributed by atoms with E-state index in [1.807, 2.05) is 0 Å². The Morgan fingerprint density at radius 1 is 1.12 bits per heavy atom. The number of hydrogen-bond donors (Lipinski definition) is 1. The van der Waals surface area contributed by atoms with Crippen LogP contribution in [0.2, 0.25) is 5.02 Å². The quantitative estimate of drug-likeness (QED) is 0.396. The summed E-state index contributed by atoms with van der Waals surface area (Å²) >= 11 is 5.71. The molecule has 4 rings (SSSR count). The number of hydrogen-bond acceptors (Lipinski definition) is 6. The number of aromatic nitrogens is 2. The van der Waals surface area contributed by atoms with Crippen molar-refractivity contribution in [3.05, 3.63) is 76.4 Å². The van der Waals surface area contributed by atoms with Gasteiger partial charge in [-0.3, -0.25) is 4.79 Å². The first-order valence-corrected chi connectivity index (χ1v) is 10.1. The van der Waals surface area contributed by atoms with Gasteiger partial charge in [-0.05, 0) is 62.4 Å². The number of carbonyl (C=O) groups excluding carboxylic acids is 2. The van der Waals surface area contributed by atoms with Crippen LogP contribution in [-0.2, 0) is 9.53 Å². The lowest BCUT2D eigenvalue weighted by Gasteiger charge is -2.15. The number of nitrogens with one attached hydrogen (secondary N) is 1. The minimum Gasteiger partial charge on any atom is -0.449 e. The molecule has 0 bridgehead atoms. The minimum atomic E-state index is -1.26. The molecule has 0 saturated carbocycles. The molecular weight excluding hydrogens is 456 g/mol. The number of carbonyl (C=O) groups is 2. The van der Waals surface area contributed by atoms with Crippen LogP contribution < -0.4 is 5.32 Å². The largest absolute Gasteiger partial charge is 0.449 e. The van der Waals surface area contributed by atoms with Crippen LogP contribution in [0.5, 0.6) is 0 Å². The molecule has 0 fully saturated rings. The lowest BCUT2D eigenvalue weighted by atomic mass is 10.1. The number of ether oxygens (including phenoxy) is 1. The molecule has 0 saturated heterocycles. The van der Waals surface area contributed by atoms with E-state index in [-0.39, 0.29) is 22.0 Å². The summed E-state index contributed by atoms with van der Waals surface area (Å²) in [4.78, 5) is 29.8. The third kappa shape index (κ3) is 4.68. The number of fused-ring (bicyclic) bond motifs is 1. The maximum atomic E-state index is 14.0. The summed E-state index contributed by atoms with van der Waals surface area (Å²) in [6, 6.07) is 10.7. The van der Waals surface area contributed by atoms with Crippen LogP contribution >= 0.6 is 11.6 Å². The van der Waals surface area contributed by atoms with Gasteiger partial charge in [0.2, 0.25) is 0 Å². The van der Waals surface area contributed by atoms with E-state index in [2.05, 4.69) is 15.5 Å². The second kappa shape index (κ2) is 8.95. The Labute approximate surface area is 191 Å². The number of anilines is 1. The van der Waals surface area contributed by atoms with Gasteiger partial charge in [-0.15, -0.1) is 0 Å². The van der Waals surface area contributed by atoms with Gasteiger partial charge < -0.3 is 14.6 Å². The number of esters is 1. The highest BCUT2D eigenvalue weighted by atomic mass is 35.5. The summed E-state index contributed by atoms with van der Waals surface area (Å²) in [7, 11) is 0. The fourth-order valence-corrected chi connectivity index (χ4v) is 3.29. The molecule has 2 aromatic heterocycles. The molecule has 0 spiro atoms. The number of aryl methyl sites for hydroxylation is 1. The Morgan fingerprint density at radius 2 is 1.85 bits per heavy atom. The molecule has 0 aliphatic heterocycles. The molecule has 1 amide bonds. The second-order valence-corrected chi connectivity index (χ2v) is 7.61. The van der Waals surface area contributed by atoms with E-state index in [4.69, 9.17) is 20.9 Å². The number of amides is 1. The summed E-state index contributed by atoms with van der Waals surface area (Å²) in [6.45, 7) is 2.97. The Kier molecular flexibility index (Phi) is 6.06. The van der Waals surface area contributed by atoms with Crippen molar-refractivity contribution in [3.63, 3.8) is 0 Å². The van der Waals surface area contributed by atoms with Crippen LogP contribution in [0.15, 0.2) is 53.1 Å². The van der Waals surface area contributed by atoms with E-state index in [9.17, 15) is 18.4 Å². The first-order valence-electron chi connectivity index (χ1n) is 9.73. The number of benzene rings is 2. The SMILES string of the molecule is Cc1noc2nc(-c3ccc(F)cc3)cc(C(=O)OC(C)C(=O)Nc3ccc(Cl)cc3F)c12. The molecule has 1 atom stereocenters. The molecule has 0 aliphatic rings. The van der Waals surface area contributed by atoms with Crippen molar-refractivity contribution in [3.8, 4) is 11.3 Å². The number of pyridine rings is 1. The molecule has 2 aromatic carbocycles. The van der Waals surface area contributed by atoms with Crippen LogP contribution in [-0.4, -0.2) is 28.1 Å². The number of rotatable bonds is 5. The summed E-state index contributed by atoms with van der Waals surface area (Å²) < 4.78 is 37.8. The minimum absolute atomic E-state index is 0.0652. The van der Waals surface area contributed by atoms with Crippen LogP contribution in [0.4, 0.5) is 14.5 Å². The zero-order chi connectivity index (χ0) is 23.7. The zero-order valence-electron chi connectivity index (χ0n) is 17.4. The predicted octanol–water partition coefficient (Wildman–Crippen LogP) is 5.31. The molecule has 33 heavy (non-hydrogen) atoms. The molecule has 4 aromatic rings. The average molecular weight is 472 g/mol. The number of halogens is 3. The van der Waals surface area contributed by atoms with Gasteiger partial charge in [-0.25, -0.2) is 18.6 Å². The third-order valence-electron chi connectivity index (χ3n) is 4.82. The standard InChI is InChI=1S/C23H16ClF2N3O4/c1-11-20-16(10-19(28-22(20)33-29-11)13-3-6-15(25)7-4-13)23(31)32-12(2)21(30)27-18-8-5-14(24)9-17(18)26/h3-10,12H,1-2H3,(H,27,30). The molecule has 0 radical (unpaired) electrons. The van der Waals surface area contributed by atoms with Gasteiger partial charge in [-0.2, -0.15) is 0 Å². The maximum Gasteiger partial charge on any atom is 0.339 e. The molecule has 168 valence electrons. The summed E-state index contributed by atoms with van der Waals surface area (Å²) in [5.74, 6) is -2.73. The average Bonchev–Trinajstić information content (AvgIpc) is 3.16. The summed E-state index contributed by atoms with van der Waals surface area (Å²) in [6.07, 6.45) is -1.26. The molecule has 7 nitrogen and oxygen atoms in total. The smallest absolute Gasteiger partial charge is 0.339 e. The first kappa shape index (κ1) is 22.3. The van der Waals surface area contributed by atoms with Crippen LogP contribution in [0.1, 0.15) is 23.0 Å². The number of nitrogens with zero attached hydrogens (tertiary/aromatic N) is 2. The van der Waals surface area contributed by atoms with Gasteiger partial charge in [0.15, 0.2) is 6.10 Å². The van der Waals surface area contributed by atoms with Gasteiger partial charge in [0.05, 0.1) is 28.0 Å². The zero-order valence-corrected chi connectivity index (χ0v) is 18.1. The molecule has 1 unspecified atom stereocenters. The van der Waals surface area contributed by atoms with Crippen LogP contribution in [0, 0.1) is 18.6 Å². The topological polar surface area (TPSA) is 94.3 Å². The Balaban J connectivity index is 1.61. The molecule has 0 aliphatic carbocycles. The fourth-order valence-electron chi connectivity index (χ4n) is 3.13. The van der Waals surface area contributed by atoms with Crippen molar-refractivity contribution < 1.29 is 27.6 Å². The van der Waals surface area contributed by atoms with E-state index < -0.39 is 29.6 Å². The highest BCUT2D eigenvalue weighted by molar-refractivity contribution is 6.30. The fraction of sp³-hybridized carbons (Fsp3) is 0.130. The van der Waals surface area contributed by atoms with Gasteiger partial charge in [0.1, 0.15) is 11.6 Å². The lowest BCUT2D eigenvalue weighted by Crippen LogP contribution is -2.30. The summed E-state index contributed by atoms with van der Waals surface area (Å²) in [5.41, 5.74) is 1.30.